The fraction of sp³-hybridized carbons (Fsp3) is 0.836. The molecular formula is C61H116N2O7P+. The number of carbonyl (C=O) groups excluding carboxylic acids is 2. The number of esters is 1. The first-order valence-corrected chi connectivity index (χ1v) is 31.5. The lowest BCUT2D eigenvalue weighted by atomic mass is 10.0. The zero-order chi connectivity index (χ0) is 52.2. The second-order valence-corrected chi connectivity index (χ2v) is 23.0. The van der Waals surface area contributed by atoms with Crippen LogP contribution >= 0.6 is 7.82 Å². The van der Waals surface area contributed by atoms with Crippen molar-refractivity contribution < 1.29 is 37.3 Å². The van der Waals surface area contributed by atoms with Gasteiger partial charge in [-0.3, -0.25) is 18.6 Å². The highest BCUT2D eigenvalue weighted by atomic mass is 31.2. The standard InChI is InChI=1S/C61H115N2O7P/c1-7-10-13-16-19-22-25-27-28-29-30-31-32-33-34-36-39-42-45-48-51-54-61(65)70-59(52-49-46-43-40-38-35-26-23-20-17-14-11-8-2)58(57-69-71(66,67)68-56-55-63(4,5)6)62-60(64)53-50-47-44-41-37-24-21-18-15-12-9-3/h19,22,27-28,30-31,49,52,58-59H,7-18,20-21,23-26,29,32-48,50-51,53-57H2,1-6H3,(H-,62,64,66,67)/p+1/b22-19-,28-27-,31-30-,52-49-. The molecule has 0 aliphatic heterocycles. The molecule has 0 saturated carbocycles. The van der Waals surface area contributed by atoms with Crippen LogP contribution in [0.25, 0.3) is 0 Å². The first kappa shape index (κ1) is 69.0. The van der Waals surface area contributed by atoms with Crippen LogP contribution in [0.1, 0.15) is 278 Å². The van der Waals surface area contributed by atoms with E-state index in [1.807, 2.05) is 33.3 Å². The predicted molar refractivity (Wildman–Crippen MR) is 305 cm³/mol. The van der Waals surface area contributed by atoms with Crippen molar-refractivity contribution in [3.63, 3.8) is 0 Å². The number of phosphoric acid groups is 1. The number of hydrogen-bond donors (Lipinski definition) is 2. The van der Waals surface area contributed by atoms with E-state index in [2.05, 4.69) is 62.5 Å². The predicted octanol–water partition coefficient (Wildman–Crippen LogP) is 18.1. The molecule has 0 aromatic carbocycles. The summed E-state index contributed by atoms with van der Waals surface area (Å²) >= 11 is 0. The van der Waals surface area contributed by atoms with Crippen LogP contribution in [0.4, 0.5) is 0 Å². The van der Waals surface area contributed by atoms with Gasteiger partial charge in [-0.05, 0) is 70.3 Å². The highest BCUT2D eigenvalue weighted by Gasteiger charge is 2.30. The van der Waals surface area contributed by atoms with Crippen LogP contribution in [-0.2, 0) is 27.9 Å². The number of ether oxygens (including phenoxy) is 1. The molecule has 0 rings (SSSR count). The summed E-state index contributed by atoms with van der Waals surface area (Å²) in [6.07, 6.45) is 62.4. The lowest BCUT2D eigenvalue weighted by Gasteiger charge is -2.27. The lowest BCUT2D eigenvalue weighted by molar-refractivity contribution is -0.870. The molecule has 71 heavy (non-hydrogen) atoms. The summed E-state index contributed by atoms with van der Waals surface area (Å²) in [5.74, 6) is -0.507. The number of hydrogen-bond acceptors (Lipinski definition) is 6. The van der Waals surface area contributed by atoms with Gasteiger partial charge in [0.25, 0.3) is 0 Å². The Kier molecular flexibility index (Phi) is 50.0. The van der Waals surface area contributed by atoms with Crippen LogP contribution in [0, 0.1) is 0 Å². The number of nitrogens with zero attached hydrogens (tertiary/aromatic N) is 1. The molecule has 0 aromatic heterocycles. The third-order valence-electron chi connectivity index (χ3n) is 13.3. The number of quaternary nitrogens is 1. The Morgan fingerprint density at radius 1 is 0.493 bits per heavy atom. The number of allylic oxidation sites excluding steroid dienone is 7. The van der Waals surface area contributed by atoms with E-state index >= 15 is 0 Å². The molecule has 416 valence electrons. The molecule has 0 heterocycles. The van der Waals surface area contributed by atoms with Gasteiger partial charge >= 0.3 is 13.8 Å². The number of nitrogens with one attached hydrogen (secondary N) is 1. The zero-order valence-corrected chi connectivity index (χ0v) is 48.4. The molecule has 3 unspecified atom stereocenters. The van der Waals surface area contributed by atoms with Crippen molar-refractivity contribution in [2.75, 3.05) is 40.9 Å². The van der Waals surface area contributed by atoms with Crippen LogP contribution in [-0.4, -0.2) is 74.3 Å². The van der Waals surface area contributed by atoms with E-state index in [-0.39, 0.29) is 31.5 Å². The molecule has 0 aliphatic carbocycles. The van der Waals surface area contributed by atoms with E-state index in [1.165, 1.54) is 161 Å². The Morgan fingerprint density at radius 2 is 0.859 bits per heavy atom. The normalized spacial score (nSPS) is 14.1. The third kappa shape index (κ3) is 52.6. The molecule has 0 aliphatic rings. The topological polar surface area (TPSA) is 111 Å². The third-order valence-corrected chi connectivity index (χ3v) is 14.3. The van der Waals surface area contributed by atoms with Gasteiger partial charge in [0.2, 0.25) is 5.91 Å². The molecule has 0 bridgehead atoms. The fourth-order valence-corrected chi connectivity index (χ4v) is 9.33. The van der Waals surface area contributed by atoms with Crippen molar-refractivity contribution in [2.24, 2.45) is 0 Å². The maximum atomic E-state index is 13.5. The van der Waals surface area contributed by atoms with Crippen LogP contribution in [0.3, 0.4) is 0 Å². The molecule has 0 spiro atoms. The Bertz CT molecular complexity index is 1360. The Labute approximate surface area is 439 Å². The van der Waals surface area contributed by atoms with Gasteiger partial charge in [0, 0.05) is 12.8 Å². The summed E-state index contributed by atoms with van der Waals surface area (Å²) in [5.41, 5.74) is 0. The maximum absolute atomic E-state index is 13.5. The molecule has 0 radical (unpaired) electrons. The lowest BCUT2D eigenvalue weighted by Crippen LogP contribution is -2.47. The Hall–Kier alpha value is -2.03. The number of likely N-dealkylation sites (N-methyl/N-ethyl adjacent to an activating group) is 1. The van der Waals surface area contributed by atoms with E-state index in [0.717, 1.165) is 83.5 Å². The smallest absolute Gasteiger partial charge is 0.456 e. The number of unbranched alkanes of at least 4 members (excludes halogenated alkanes) is 32. The first-order valence-electron chi connectivity index (χ1n) is 30.0. The van der Waals surface area contributed by atoms with Gasteiger partial charge in [0.15, 0.2) is 0 Å². The van der Waals surface area contributed by atoms with Gasteiger partial charge in [-0.2, -0.15) is 0 Å². The monoisotopic (exact) mass is 1020 g/mol. The van der Waals surface area contributed by atoms with Crippen LogP contribution in [0.5, 0.6) is 0 Å². The first-order chi connectivity index (χ1) is 34.4. The van der Waals surface area contributed by atoms with Crippen molar-refractivity contribution in [1.82, 2.24) is 5.32 Å². The number of rotatable bonds is 54. The van der Waals surface area contributed by atoms with Crippen molar-refractivity contribution in [3.8, 4) is 0 Å². The summed E-state index contributed by atoms with van der Waals surface area (Å²) in [5, 5.41) is 3.05. The SMILES string of the molecule is CCCCC/C=C\C/C=C\C/C=C\CCCCCCCCCCC(=O)OC(/C=C\CCCCCCCCCCCCC)C(COP(=O)(O)OCC[N+](C)(C)C)NC(=O)CCCCCCCCCCCCC. The molecule has 0 fully saturated rings. The zero-order valence-electron chi connectivity index (χ0n) is 47.5. The van der Waals surface area contributed by atoms with Crippen molar-refractivity contribution >= 4 is 19.7 Å². The fourth-order valence-electron chi connectivity index (χ4n) is 8.59. The molecule has 0 aromatic rings. The highest BCUT2D eigenvalue weighted by Crippen LogP contribution is 2.43. The highest BCUT2D eigenvalue weighted by molar-refractivity contribution is 7.47. The number of phosphoric ester groups is 1. The summed E-state index contributed by atoms with van der Waals surface area (Å²) in [7, 11) is 1.50. The van der Waals surface area contributed by atoms with Gasteiger partial charge in [-0.25, -0.2) is 4.57 Å². The second-order valence-electron chi connectivity index (χ2n) is 21.5. The average Bonchev–Trinajstić information content (AvgIpc) is 3.33. The minimum absolute atomic E-state index is 0.0400. The molecule has 9 nitrogen and oxygen atoms in total. The van der Waals surface area contributed by atoms with E-state index in [9.17, 15) is 19.0 Å². The van der Waals surface area contributed by atoms with E-state index in [4.69, 9.17) is 13.8 Å². The van der Waals surface area contributed by atoms with Gasteiger partial charge in [0.05, 0.1) is 33.8 Å². The van der Waals surface area contributed by atoms with Crippen LogP contribution in [0.2, 0.25) is 0 Å². The maximum Gasteiger partial charge on any atom is 0.472 e. The Morgan fingerprint density at radius 3 is 1.31 bits per heavy atom. The van der Waals surface area contributed by atoms with Crippen molar-refractivity contribution in [3.05, 3.63) is 48.6 Å². The minimum atomic E-state index is -4.44. The molecule has 2 N–H and O–H groups in total. The average molecular weight is 1020 g/mol. The van der Waals surface area contributed by atoms with Crippen molar-refractivity contribution in [1.29, 1.82) is 0 Å². The van der Waals surface area contributed by atoms with Crippen molar-refractivity contribution in [2.45, 2.75) is 290 Å². The minimum Gasteiger partial charge on any atom is -0.456 e. The molecular weight excluding hydrogens is 904 g/mol. The molecule has 10 heteroatoms. The van der Waals surface area contributed by atoms with Gasteiger partial charge in [-0.1, -0.05) is 243 Å². The van der Waals surface area contributed by atoms with Crippen LogP contribution < -0.4 is 5.32 Å². The van der Waals surface area contributed by atoms with E-state index < -0.39 is 20.0 Å². The largest absolute Gasteiger partial charge is 0.472 e. The second kappa shape index (κ2) is 51.5. The summed E-state index contributed by atoms with van der Waals surface area (Å²) in [4.78, 5) is 37.6. The summed E-state index contributed by atoms with van der Waals surface area (Å²) in [6.45, 7) is 6.99. The van der Waals surface area contributed by atoms with Gasteiger partial charge in [-0.15, -0.1) is 0 Å². The van der Waals surface area contributed by atoms with Gasteiger partial charge in [0.1, 0.15) is 19.3 Å². The quantitative estimate of drug-likeness (QED) is 0.0205. The molecule has 0 saturated heterocycles. The number of carbonyl (C=O) groups is 2. The summed E-state index contributed by atoms with van der Waals surface area (Å²) in [6, 6.07) is -0.847. The van der Waals surface area contributed by atoms with E-state index in [0.29, 0.717) is 17.4 Å². The molecule has 3 atom stereocenters. The summed E-state index contributed by atoms with van der Waals surface area (Å²) < 4.78 is 30.6. The van der Waals surface area contributed by atoms with Crippen LogP contribution in [0.15, 0.2) is 48.6 Å². The number of amides is 1. The van der Waals surface area contributed by atoms with Gasteiger partial charge < -0.3 is 19.4 Å². The Balaban J connectivity index is 5.25. The van der Waals surface area contributed by atoms with E-state index in [1.54, 1.807) is 0 Å². The molecule has 1 amide bonds.